The Labute approximate surface area is 107 Å². The smallest absolute Gasteiger partial charge is 0.330 e. The van der Waals surface area contributed by atoms with E-state index in [9.17, 15) is 9.59 Å². The van der Waals surface area contributed by atoms with E-state index in [1.807, 2.05) is 0 Å². The summed E-state index contributed by atoms with van der Waals surface area (Å²) in [6.45, 7) is 0.346. The molecule has 1 aromatic heterocycles. The van der Waals surface area contributed by atoms with Crippen LogP contribution in [0.25, 0.3) is 0 Å². The van der Waals surface area contributed by atoms with Crippen LogP contribution in [0.1, 0.15) is 12.6 Å². The van der Waals surface area contributed by atoms with Crippen LogP contribution >= 0.6 is 18.9 Å². The lowest BCUT2D eigenvalue weighted by Gasteiger charge is -2.15. The van der Waals surface area contributed by atoms with Gasteiger partial charge >= 0.3 is 5.69 Å². The van der Waals surface area contributed by atoms with Crippen LogP contribution in [0, 0.1) is 0 Å². The van der Waals surface area contributed by atoms with Crippen molar-refractivity contribution in [3.63, 3.8) is 0 Å². The van der Waals surface area contributed by atoms with E-state index in [1.54, 1.807) is 0 Å². The molecule has 1 saturated heterocycles. The van der Waals surface area contributed by atoms with Gasteiger partial charge in [-0.15, -0.1) is 0 Å². The molecule has 5 atom stereocenters. The molecule has 1 aliphatic rings. The summed E-state index contributed by atoms with van der Waals surface area (Å²) in [4.78, 5) is 24.8. The van der Waals surface area contributed by atoms with Gasteiger partial charge in [-0.1, -0.05) is 0 Å². The molecule has 0 aliphatic carbocycles. The third kappa shape index (κ3) is 2.87. The van der Waals surface area contributed by atoms with Crippen molar-refractivity contribution < 1.29 is 13.8 Å². The van der Waals surface area contributed by atoms with E-state index in [2.05, 4.69) is 23.9 Å². The first-order chi connectivity index (χ1) is 8.65. The summed E-state index contributed by atoms with van der Waals surface area (Å²) in [6.07, 6.45) is 1.01. The monoisotopic (exact) mass is 292 g/mol. The van der Waals surface area contributed by atoms with Crippen molar-refractivity contribution in [2.75, 3.05) is 6.61 Å². The average Bonchev–Trinajstić information content (AvgIpc) is 2.72. The summed E-state index contributed by atoms with van der Waals surface area (Å²) in [5.41, 5.74) is -0.930. The fourth-order valence-corrected chi connectivity index (χ4v) is 2.39. The van der Waals surface area contributed by atoms with Crippen molar-refractivity contribution in [1.82, 2.24) is 9.55 Å². The van der Waals surface area contributed by atoms with Crippen LogP contribution in [-0.2, 0) is 13.8 Å². The molecule has 100 valence electrons. The van der Waals surface area contributed by atoms with Gasteiger partial charge in [0.2, 0.25) is 0 Å². The van der Waals surface area contributed by atoms with E-state index in [1.165, 1.54) is 16.8 Å². The minimum absolute atomic E-state index is 0.181. The molecule has 7 nitrogen and oxygen atoms in total. The zero-order chi connectivity index (χ0) is 13.1. The van der Waals surface area contributed by atoms with E-state index in [-0.39, 0.29) is 12.2 Å². The Morgan fingerprint density at radius 2 is 2.28 bits per heavy atom. The third-order valence-electron chi connectivity index (χ3n) is 2.78. The maximum atomic E-state index is 11.6. The quantitative estimate of drug-likeness (QED) is 0.778. The molecule has 2 heterocycles. The lowest BCUT2D eigenvalue weighted by Crippen LogP contribution is -2.31. The number of rotatable bonds is 4. The maximum absolute atomic E-state index is 11.6. The molecule has 0 bridgehead atoms. The van der Waals surface area contributed by atoms with Gasteiger partial charge in [-0.05, 0) is 0 Å². The second kappa shape index (κ2) is 6.04. The van der Waals surface area contributed by atoms with Crippen molar-refractivity contribution in [3.05, 3.63) is 33.1 Å². The van der Waals surface area contributed by atoms with Crippen LogP contribution in [0.2, 0.25) is 0 Å². The number of ether oxygens (including phenoxy) is 1. The molecular formula is C9H14N2O5P2. The number of aromatic amines is 1. The van der Waals surface area contributed by atoms with Crippen LogP contribution in [0.15, 0.2) is 21.9 Å². The highest BCUT2D eigenvalue weighted by molar-refractivity contribution is 7.10. The molecule has 1 aromatic rings. The van der Waals surface area contributed by atoms with Crippen LogP contribution in [0.3, 0.4) is 0 Å². The van der Waals surface area contributed by atoms with Crippen molar-refractivity contribution in [2.24, 2.45) is 0 Å². The predicted octanol–water partition coefficient (Wildman–Crippen LogP) is -0.194. The minimum Gasteiger partial charge on any atom is -0.363 e. The topological polar surface area (TPSA) is 82.5 Å². The van der Waals surface area contributed by atoms with E-state index in [0.717, 1.165) is 0 Å². The molecule has 18 heavy (non-hydrogen) atoms. The second-order valence-electron chi connectivity index (χ2n) is 3.89. The molecule has 0 spiro atoms. The molecule has 3 unspecified atom stereocenters. The summed E-state index contributed by atoms with van der Waals surface area (Å²) >= 11 is 0. The number of nitrogens with zero attached hydrogens (tertiary/aromatic N) is 1. The van der Waals surface area contributed by atoms with Crippen molar-refractivity contribution in [3.8, 4) is 0 Å². The Morgan fingerprint density at radius 3 is 2.89 bits per heavy atom. The Balaban J connectivity index is 2.20. The van der Waals surface area contributed by atoms with Gasteiger partial charge in [0.05, 0.1) is 12.7 Å². The van der Waals surface area contributed by atoms with Gasteiger partial charge in [-0.25, -0.2) is 4.79 Å². The molecule has 0 aromatic carbocycles. The third-order valence-corrected chi connectivity index (χ3v) is 3.32. The Morgan fingerprint density at radius 1 is 1.50 bits per heavy atom. The highest BCUT2D eigenvalue weighted by Gasteiger charge is 2.36. The summed E-state index contributed by atoms with van der Waals surface area (Å²) in [5.74, 6) is 0. The Hall–Kier alpha value is -0.580. The zero-order valence-corrected chi connectivity index (χ0v) is 11.8. The zero-order valence-electron chi connectivity index (χ0n) is 9.44. The first-order valence-corrected chi connectivity index (χ1v) is 6.24. The standard InChI is InChI=1S/C9H14N2O5P2/c12-7-1-2-11(9(13)10-7)8-3-5(16-18)6(15-8)4-14-17/h1-2,5-6,8H,3-4,17-18H2,(H,10,12,13)/t5?,6-,8-/m1/s1. The van der Waals surface area contributed by atoms with Crippen molar-refractivity contribution in [2.45, 2.75) is 24.9 Å². The van der Waals surface area contributed by atoms with Gasteiger partial charge in [-0.3, -0.25) is 14.3 Å². The summed E-state index contributed by atoms with van der Waals surface area (Å²) < 4.78 is 17.2. The van der Waals surface area contributed by atoms with Crippen LogP contribution in [0.5, 0.6) is 0 Å². The molecule has 0 saturated carbocycles. The van der Waals surface area contributed by atoms with Crippen molar-refractivity contribution >= 4 is 18.9 Å². The summed E-state index contributed by atoms with van der Waals surface area (Å²) in [6, 6.07) is 1.28. The summed E-state index contributed by atoms with van der Waals surface area (Å²) in [5, 5.41) is 0. The van der Waals surface area contributed by atoms with Gasteiger partial charge in [0.1, 0.15) is 12.3 Å². The van der Waals surface area contributed by atoms with E-state index >= 15 is 0 Å². The predicted molar refractivity (Wildman–Crippen MR) is 70.1 cm³/mol. The fourth-order valence-electron chi connectivity index (χ4n) is 1.91. The highest BCUT2D eigenvalue weighted by atomic mass is 31.0. The molecule has 0 radical (unpaired) electrons. The molecular weight excluding hydrogens is 278 g/mol. The second-order valence-corrected chi connectivity index (χ2v) is 4.50. The number of hydrogen-bond donors (Lipinski definition) is 1. The largest absolute Gasteiger partial charge is 0.363 e. The lowest BCUT2D eigenvalue weighted by atomic mass is 10.2. The molecule has 1 fully saturated rings. The lowest BCUT2D eigenvalue weighted by molar-refractivity contribution is -0.0325. The van der Waals surface area contributed by atoms with E-state index in [4.69, 9.17) is 13.8 Å². The van der Waals surface area contributed by atoms with Gasteiger partial charge in [0.15, 0.2) is 0 Å². The summed E-state index contributed by atoms with van der Waals surface area (Å²) in [7, 11) is 4.33. The van der Waals surface area contributed by atoms with E-state index < -0.39 is 17.5 Å². The fraction of sp³-hybridized carbons (Fsp3) is 0.556. The first kappa shape index (κ1) is 13.8. The van der Waals surface area contributed by atoms with Gasteiger partial charge in [-0.2, -0.15) is 0 Å². The molecule has 0 amide bonds. The normalized spacial score (nSPS) is 27.6. The number of aromatic nitrogens is 2. The van der Waals surface area contributed by atoms with Crippen LogP contribution < -0.4 is 11.2 Å². The molecule has 1 N–H and O–H groups in total. The SMILES string of the molecule is O=c1ccn([C@H]2CC(OP)[C@@H](COP)O2)c(=O)[nH]1. The first-order valence-electron chi connectivity index (χ1n) is 5.30. The van der Waals surface area contributed by atoms with Gasteiger partial charge in [0, 0.05) is 37.6 Å². The Kier molecular flexibility index (Phi) is 4.65. The number of hydrogen-bond acceptors (Lipinski definition) is 5. The Bertz CT molecular complexity index is 516. The van der Waals surface area contributed by atoms with E-state index in [0.29, 0.717) is 13.0 Å². The highest BCUT2D eigenvalue weighted by Crippen LogP contribution is 2.31. The molecule has 9 heteroatoms. The average molecular weight is 292 g/mol. The molecule has 2 rings (SSSR count). The minimum atomic E-state index is -0.498. The van der Waals surface area contributed by atoms with Gasteiger partial charge < -0.3 is 13.8 Å². The van der Waals surface area contributed by atoms with Crippen LogP contribution in [0.4, 0.5) is 0 Å². The maximum Gasteiger partial charge on any atom is 0.330 e. The van der Waals surface area contributed by atoms with Crippen molar-refractivity contribution in [1.29, 1.82) is 0 Å². The van der Waals surface area contributed by atoms with Gasteiger partial charge in [0.25, 0.3) is 5.56 Å². The number of H-pyrrole nitrogens is 1. The number of nitrogens with one attached hydrogen (secondary N) is 1. The van der Waals surface area contributed by atoms with Crippen LogP contribution in [-0.4, -0.2) is 28.4 Å². The molecule has 1 aliphatic heterocycles.